The second kappa shape index (κ2) is 5.28. The van der Waals surface area contributed by atoms with E-state index in [2.05, 4.69) is 4.90 Å². The van der Waals surface area contributed by atoms with Crippen molar-refractivity contribution in [1.29, 1.82) is 0 Å². The molecule has 1 fully saturated rings. The molecule has 100 valence electrons. The van der Waals surface area contributed by atoms with Crippen LogP contribution in [0.5, 0.6) is 0 Å². The molecule has 1 aliphatic rings. The van der Waals surface area contributed by atoms with E-state index in [0.717, 1.165) is 31.5 Å². The minimum absolute atomic E-state index is 0.425. The number of hydrogen-bond donors (Lipinski definition) is 1. The first kappa shape index (κ1) is 13.4. The SMILES string of the molecule is CS(=O)(=O)c1ccccc1N(CCCN)C1CC1. The molecule has 0 saturated heterocycles. The lowest BCUT2D eigenvalue weighted by atomic mass is 10.2. The lowest BCUT2D eigenvalue weighted by molar-refractivity contribution is 0.601. The summed E-state index contributed by atoms with van der Waals surface area (Å²) in [6.45, 7) is 1.46. The van der Waals surface area contributed by atoms with Crippen LogP contribution in [0.4, 0.5) is 5.69 Å². The highest BCUT2D eigenvalue weighted by molar-refractivity contribution is 7.90. The third-order valence-corrected chi connectivity index (χ3v) is 4.31. The number of anilines is 1. The van der Waals surface area contributed by atoms with Crippen LogP contribution < -0.4 is 10.6 Å². The predicted octanol–water partition coefficient (Wildman–Crippen LogP) is 1.41. The van der Waals surface area contributed by atoms with Gasteiger partial charge in [-0.05, 0) is 37.9 Å². The first-order valence-corrected chi connectivity index (χ1v) is 8.19. The topological polar surface area (TPSA) is 63.4 Å². The van der Waals surface area contributed by atoms with E-state index < -0.39 is 9.84 Å². The molecule has 1 aromatic rings. The normalized spacial score (nSPS) is 15.7. The average Bonchev–Trinajstić information content (AvgIpc) is 3.13. The molecule has 5 heteroatoms. The van der Waals surface area contributed by atoms with Crippen LogP contribution in [0.3, 0.4) is 0 Å². The molecule has 2 N–H and O–H groups in total. The van der Waals surface area contributed by atoms with Crippen LogP contribution in [-0.4, -0.2) is 33.8 Å². The zero-order valence-corrected chi connectivity index (χ0v) is 11.5. The minimum atomic E-state index is -3.18. The van der Waals surface area contributed by atoms with Crippen molar-refractivity contribution in [3.63, 3.8) is 0 Å². The Balaban J connectivity index is 2.35. The second-order valence-corrected chi connectivity index (χ2v) is 6.79. The van der Waals surface area contributed by atoms with Crippen molar-refractivity contribution in [2.24, 2.45) is 5.73 Å². The van der Waals surface area contributed by atoms with Gasteiger partial charge in [0.15, 0.2) is 9.84 Å². The van der Waals surface area contributed by atoms with Gasteiger partial charge in [-0.2, -0.15) is 0 Å². The smallest absolute Gasteiger partial charge is 0.177 e. The minimum Gasteiger partial charge on any atom is -0.367 e. The molecular weight excluding hydrogens is 248 g/mol. The van der Waals surface area contributed by atoms with Gasteiger partial charge < -0.3 is 10.6 Å². The summed E-state index contributed by atoms with van der Waals surface area (Å²) < 4.78 is 23.6. The molecule has 0 aliphatic heterocycles. The van der Waals surface area contributed by atoms with Gasteiger partial charge in [0.1, 0.15) is 0 Å². The molecule has 1 aromatic carbocycles. The van der Waals surface area contributed by atoms with Gasteiger partial charge in [0, 0.05) is 18.8 Å². The van der Waals surface area contributed by atoms with E-state index in [1.165, 1.54) is 6.26 Å². The van der Waals surface area contributed by atoms with Crippen LogP contribution in [0.15, 0.2) is 29.2 Å². The van der Waals surface area contributed by atoms with Crippen molar-refractivity contribution >= 4 is 15.5 Å². The average molecular weight is 268 g/mol. The van der Waals surface area contributed by atoms with Crippen molar-refractivity contribution in [2.75, 3.05) is 24.2 Å². The number of nitrogens with zero attached hydrogens (tertiary/aromatic N) is 1. The van der Waals surface area contributed by atoms with Crippen LogP contribution in [-0.2, 0) is 9.84 Å². The van der Waals surface area contributed by atoms with Gasteiger partial charge in [0.25, 0.3) is 0 Å². The molecule has 0 spiro atoms. The fourth-order valence-electron chi connectivity index (χ4n) is 2.16. The number of benzene rings is 1. The van der Waals surface area contributed by atoms with Crippen LogP contribution in [0.2, 0.25) is 0 Å². The highest BCUT2D eigenvalue weighted by Gasteiger charge is 2.31. The summed E-state index contributed by atoms with van der Waals surface area (Å²) in [6.07, 6.45) is 4.43. The van der Waals surface area contributed by atoms with Gasteiger partial charge in [0.2, 0.25) is 0 Å². The number of nitrogens with two attached hydrogens (primary N) is 1. The first-order valence-electron chi connectivity index (χ1n) is 6.30. The molecule has 0 radical (unpaired) electrons. The van der Waals surface area contributed by atoms with Crippen molar-refractivity contribution in [3.8, 4) is 0 Å². The Morgan fingerprint density at radius 3 is 2.56 bits per heavy atom. The van der Waals surface area contributed by atoms with Crippen molar-refractivity contribution in [2.45, 2.75) is 30.2 Å². The molecule has 0 amide bonds. The summed E-state index contributed by atoms with van der Waals surface area (Å²) in [4.78, 5) is 2.62. The summed E-state index contributed by atoms with van der Waals surface area (Å²) in [5.74, 6) is 0. The Hall–Kier alpha value is -1.07. The molecule has 18 heavy (non-hydrogen) atoms. The third-order valence-electron chi connectivity index (χ3n) is 3.16. The summed E-state index contributed by atoms with van der Waals surface area (Å²) in [6, 6.07) is 7.73. The fraction of sp³-hybridized carbons (Fsp3) is 0.538. The molecule has 1 saturated carbocycles. The molecule has 1 aliphatic carbocycles. The van der Waals surface area contributed by atoms with Crippen LogP contribution in [0.25, 0.3) is 0 Å². The van der Waals surface area contributed by atoms with Gasteiger partial charge in [-0.25, -0.2) is 8.42 Å². The van der Waals surface area contributed by atoms with Crippen LogP contribution in [0.1, 0.15) is 19.3 Å². The van der Waals surface area contributed by atoms with E-state index in [1.54, 1.807) is 12.1 Å². The maximum Gasteiger partial charge on any atom is 0.177 e. The van der Waals surface area contributed by atoms with E-state index in [1.807, 2.05) is 12.1 Å². The highest BCUT2D eigenvalue weighted by Crippen LogP contribution is 2.35. The number of hydrogen-bond acceptors (Lipinski definition) is 4. The Morgan fingerprint density at radius 1 is 1.33 bits per heavy atom. The van der Waals surface area contributed by atoms with Gasteiger partial charge in [0.05, 0.1) is 10.6 Å². The second-order valence-electron chi connectivity index (χ2n) is 4.81. The molecule has 0 bridgehead atoms. The molecule has 4 nitrogen and oxygen atoms in total. The van der Waals surface area contributed by atoms with E-state index in [-0.39, 0.29) is 0 Å². The number of sulfone groups is 1. The molecular formula is C13H20N2O2S. The molecule has 0 aromatic heterocycles. The van der Waals surface area contributed by atoms with E-state index >= 15 is 0 Å². The Bertz CT molecular complexity index is 509. The maximum absolute atomic E-state index is 11.8. The monoisotopic (exact) mass is 268 g/mol. The van der Waals surface area contributed by atoms with Crippen molar-refractivity contribution < 1.29 is 8.42 Å². The standard InChI is InChI=1S/C13H20N2O2S/c1-18(16,17)13-6-3-2-5-12(13)15(10-4-9-14)11-7-8-11/h2-3,5-6,11H,4,7-10,14H2,1H3. The van der Waals surface area contributed by atoms with E-state index in [4.69, 9.17) is 5.73 Å². The molecule has 0 unspecified atom stereocenters. The van der Waals surface area contributed by atoms with Gasteiger partial charge >= 0.3 is 0 Å². The Kier molecular flexibility index (Phi) is 3.92. The van der Waals surface area contributed by atoms with E-state index in [9.17, 15) is 8.42 Å². The lowest BCUT2D eigenvalue weighted by Gasteiger charge is -2.26. The lowest BCUT2D eigenvalue weighted by Crippen LogP contribution is -2.29. The van der Waals surface area contributed by atoms with Crippen molar-refractivity contribution in [1.82, 2.24) is 0 Å². The number of rotatable bonds is 6. The highest BCUT2D eigenvalue weighted by atomic mass is 32.2. The van der Waals surface area contributed by atoms with E-state index in [0.29, 0.717) is 17.5 Å². The molecule has 0 atom stereocenters. The first-order chi connectivity index (χ1) is 8.54. The quantitative estimate of drug-likeness (QED) is 0.847. The summed E-state index contributed by atoms with van der Waals surface area (Å²) in [5.41, 5.74) is 6.38. The Labute approximate surface area is 109 Å². The summed E-state index contributed by atoms with van der Waals surface area (Å²) >= 11 is 0. The fourth-order valence-corrected chi connectivity index (χ4v) is 3.05. The van der Waals surface area contributed by atoms with Gasteiger partial charge in [-0.3, -0.25) is 0 Å². The van der Waals surface area contributed by atoms with Gasteiger partial charge in [-0.15, -0.1) is 0 Å². The van der Waals surface area contributed by atoms with Crippen LogP contribution in [0, 0.1) is 0 Å². The Morgan fingerprint density at radius 2 is 2.00 bits per heavy atom. The number of para-hydroxylation sites is 1. The molecule has 0 heterocycles. The van der Waals surface area contributed by atoms with Crippen molar-refractivity contribution in [3.05, 3.63) is 24.3 Å². The predicted molar refractivity (Wildman–Crippen MR) is 73.6 cm³/mol. The largest absolute Gasteiger partial charge is 0.367 e. The van der Waals surface area contributed by atoms with Gasteiger partial charge in [-0.1, -0.05) is 12.1 Å². The summed E-state index contributed by atoms with van der Waals surface area (Å²) in [5, 5.41) is 0. The zero-order valence-electron chi connectivity index (χ0n) is 10.7. The molecule has 2 rings (SSSR count). The zero-order chi connectivity index (χ0) is 13.2. The third kappa shape index (κ3) is 3.03. The van der Waals surface area contributed by atoms with Crippen LogP contribution >= 0.6 is 0 Å². The summed E-state index contributed by atoms with van der Waals surface area (Å²) in [7, 11) is -3.18. The maximum atomic E-state index is 11.8.